The molecule has 1 N–H and O–H groups in total. The molecule has 0 radical (unpaired) electrons. The van der Waals surface area contributed by atoms with Crippen LogP contribution in [0.2, 0.25) is 0 Å². The third-order valence-electron chi connectivity index (χ3n) is 3.98. The molecule has 0 saturated carbocycles. The first-order chi connectivity index (χ1) is 12.0. The van der Waals surface area contributed by atoms with Gasteiger partial charge in [0, 0.05) is 24.3 Å². The van der Waals surface area contributed by atoms with Crippen molar-refractivity contribution >= 4 is 21.6 Å². The lowest BCUT2D eigenvalue weighted by Gasteiger charge is -2.26. The zero-order chi connectivity index (χ0) is 17.9. The number of aryl methyl sites for hydroxylation is 1. The van der Waals surface area contributed by atoms with E-state index in [2.05, 4.69) is 4.72 Å². The van der Waals surface area contributed by atoms with E-state index in [0.29, 0.717) is 37.6 Å². The highest BCUT2D eigenvalue weighted by Crippen LogP contribution is 2.18. The average molecular weight is 360 g/mol. The van der Waals surface area contributed by atoms with E-state index in [4.69, 9.17) is 4.74 Å². The van der Waals surface area contributed by atoms with Gasteiger partial charge in [0.05, 0.1) is 18.1 Å². The molecule has 6 nitrogen and oxygen atoms in total. The Hall–Kier alpha value is -2.38. The lowest BCUT2D eigenvalue weighted by atomic mass is 10.2. The van der Waals surface area contributed by atoms with Crippen LogP contribution in [0.1, 0.15) is 15.9 Å². The Labute approximate surface area is 147 Å². The maximum Gasteiger partial charge on any atom is 0.261 e. The van der Waals surface area contributed by atoms with E-state index in [1.807, 2.05) is 13.0 Å². The van der Waals surface area contributed by atoms with Gasteiger partial charge in [-0.3, -0.25) is 9.52 Å². The van der Waals surface area contributed by atoms with Crippen LogP contribution in [-0.4, -0.2) is 45.5 Å². The van der Waals surface area contributed by atoms with Crippen LogP contribution in [0.25, 0.3) is 0 Å². The van der Waals surface area contributed by atoms with E-state index in [1.165, 1.54) is 0 Å². The van der Waals surface area contributed by atoms with Crippen molar-refractivity contribution in [2.45, 2.75) is 11.8 Å². The monoisotopic (exact) mass is 360 g/mol. The van der Waals surface area contributed by atoms with Gasteiger partial charge in [0.15, 0.2) is 0 Å². The second-order valence-corrected chi connectivity index (χ2v) is 7.59. The van der Waals surface area contributed by atoms with Gasteiger partial charge in [0.25, 0.3) is 15.9 Å². The molecular formula is C18H20N2O4S. The summed E-state index contributed by atoms with van der Waals surface area (Å²) < 4.78 is 32.6. The standard InChI is InChI=1S/C18H20N2O4S/c1-14-3-2-4-17(13-14)25(22,23)19-16-7-5-15(6-8-16)18(21)20-9-11-24-12-10-20/h2-8,13,19H,9-12H2,1H3. The third kappa shape index (κ3) is 4.18. The van der Waals surface area contributed by atoms with Crippen LogP contribution in [0, 0.1) is 6.92 Å². The number of hydrogen-bond acceptors (Lipinski definition) is 4. The van der Waals surface area contributed by atoms with Crippen LogP contribution in [0.15, 0.2) is 53.4 Å². The number of carbonyl (C=O) groups is 1. The molecule has 0 aromatic heterocycles. The zero-order valence-corrected chi connectivity index (χ0v) is 14.8. The molecule has 3 rings (SSSR count). The van der Waals surface area contributed by atoms with Gasteiger partial charge in [-0.15, -0.1) is 0 Å². The van der Waals surface area contributed by atoms with Gasteiger partial charge in [-0.2, -0.15) is 0 Å². The van der Waals surface area contributed by atoms with E-state index in [1.54, 1.807) is 47.4 Å². The van der Waals surface area contributed by atoms with Crippen molar-refractivity contribution in [3.8, 4) is 0 Å². The molecule has 2 aromatic carbocycles. The maximum absolute atomic E-state index is 12.4. The van der Waals surface area contributed by atoms with Gasteiger partial charge < -0.3 is 9.64 Å². The number of rotatable bonds is 4. The molecular weight excluding hydrogens is 340 g/mol. The Morgan fingerprint density at radius 3 is 2.40 bits per heavy atom. The van der Waals surface area contributed by atoms with E-state index in [-0.39, 0.29) is 10.8 Å². The highest BCUT2D eigenvalue weighted by Gasteiger charge is 2.19. The van der Waals surface area contributed by atoms with Crippen LogP contribution in [-0.2, 0) is 14.8 Å². The number of benzene rings is 2. The van der Waals surface area contributed by atoms with Crippen LogP contribution < -0.4 is 4.72 Å². The molecule has 132 valence electrons. The Morgan fingerprint density at radius 2 is 1.76 bits per heavy atom. The summed E-state index contributed by atoms with van der Waals surface area (Å²) in [6.07, 6.45) is 0. The summed E-state index contributed by atoms with van der Waals surface area (Å²) in [4.78, 5) is 14.3. The Morgan fingerprint density at radius 1 is 1.08 bits per heavy atom. The molecule has 25 heavy (non-hydrogen) atoms. The highest BCUT2D eigenvalue weighted by atomic mass is 32.2. The number of amides is 1. The highest BCUT2D eigenvalue weighted by molar-refractivity contribution is 7.92. The molecule has 0 bridgehead atoms. The van der Waals surface area contributed by atoms with Crippen molar-refractivity contribution in [3.05, 3.63) is 59.7 Å². The summed E-state index contributed by atoms with van der Waals surface area (Å²) in [5, 5.41) is 0. The number of hydrogen-bond donors (Lipinski definition) is 1. The summed E-state index contributed by atoms with van der Waals surface area (Å²) >= 11 is 0. The number of morpholine rings is 1. The number of anilines is 1. The third-order valence-corrected chi connectivity index (χ3v) is 5.36. The predicted octanol–water partition coefficient (Wildman–Crippen LogP) is 2.27. The molecule has 2 aromatic rings. The Kier molecular flexibility index (Phi) is 5.06. The maximum atomic E-state index is 12.4. The topological polar surface area (TPSA) is 75.7 Å². The van der Waals surface area contributed by atoms with Crippen molar-refractivity contribution < 1.29 is 17.9 Å². The SMILES string of the molecule is Cc1cccc(S(=O)(=O)Nc2ccc(C(=O)N3CCOCC3)cc2)c1. The Balaban J connectivity index is 1.73. The smallest absolute Gasteiger partial charge is 0.261 e. The van der Waals surface area contributed by atoms with Gasteiger partial charge >= 0.3 is 0 Å². The Bertz CT molecular complexity index is 857. The van der Waals surface area contributed by atoms with Crippen LogP contribution in [0.5, 0.6) is 0 Å². The van der Waals surface area contributed by atoms with Gasteiger partial charge in [-0.05, 0) is 48.9 Å². The van der Waals surface area contributed by atoms with Crippen molar-refractivity contribution in [1.82, 2.24) is 4.90 Å². The molecule has 1 fully saturated rings. The van der Waals surface area contributed by atoms with E-state index in [9.17, 15) is 13.2 Å². The summed E-state index contributed by atoms with van der Waals surface area (Å²) in [7, 11) is -3.65. The molecule has 0 spiro atoms. The fraction of sp³-hybridized carbons (Fsp3) is 0.278. The van der Waals surface area contributed by atoms with Crippen LogP contribution >= 0.6 is 0 Å². The van der Waals surface area contributed by atoms with Crippen LogP contribution in [0.4, 0.5) is 5.69 Å². The van der Waals surface area contributed by atoms with Gasteiger partial charge in [0.1, 0.15) is 0 Å². The molecule has 0 unspecified atom stereocenters. The largest absolute Gasteiger partial charge is 0.378 e. The van der Waals surface area contributed by atoms with Crippen molar-refractivity contribution in [3.63, 3.8) is 0 Å². The summed E-state index contributed by atoms with van der Waals surface area (Å²) in [6, 6.07) is 13.2. The zero-order valence-electron chi connectivity index (χ0n) is 13.9. The summed E-state index contributed by atoms with van der Waals surface area (Å²) in [6.45, 7) is 4.06. The fourth-order valence-corrected chi connectivity index (χ4v) is 3.79. The molecule has 7 heteroatoms. The quantitative estimate of drug-likeness (QED) is 0.907. The summed E-state index contributed by atoms with van der Waals surface area (Å²) in [5.41, 5.74) is 1.81. The number of sulfonamides is 1. The van der Waals surface area contributed by atoms with E-state index in [0.717, 1.165) is 5.56 Å². The molecule has 1 heterocycles. The molecule has 0 atom stereocenters. The molecule has 1 aliphatic rings. The minimum absolute atomic E-state index is 0.0728. The first-order valence-corrected chi connectivity index (χ1v) is 9.51. The first-order valence-electron chi connectivity index (χ1n) is 8.02. The molecule has 1 amide bonds. The van der Waals surface area contributed by atoms with Gasteiger partial charge in [-0.25, -0.2) is 8.42 Å². The van der Waals surface area contributed by atoms with E-state index < -0.39 is 10.0 Å². The number of nitrogens with one attached hydrogen (secondary N) is 1. The number of carbonyl (C=O) groups excluding carboxylic acids is 1. The molecule has 0 aliphatic carbocycles. The second-order valence-electron chi connectivity index (χ2n) is 5.90. The van der Waals surface area contributed by atoms with Crippen molar-refractivity contribution in [2.75, 3.05) is 31.0 Å². The van der Waals surface area contributed by atoms with Gasteiger partial charge in [0.2, 0.25) is 0 Å². The second kappa shape index (κ2) is 7.25. The minimum Gasteiger partial charge on any atom is -0.378 e. The minimum atomic E-state index is -3.65. The first kappa shape index (κ1) is 17.4. The number of nitrogens with zero attached hydrogens (tertiary/aromatic N) is 1. The van der Waals surface area contributed by atoms with E-state index >= 15 is 0 Å². The fourth-order valence-electron chi connectivity index (χ4n) is 2.63. The average Bonchev–Trinajstić information content (AvgIpc) is 2.62. The van der Waals surface area contributed by atoms with Crippen LogP contribution in [0.3, 0.4) is 0 Å². The van der Waals surface area contributed by atoms with Crippen molar-refractivity contribution in [1.29, 1.82) is 0 Å². The van der Waals surface area contributed by atoms with Crippen molar-refractivity contribution in [2.24, 2.45) is 0 Å². The molecule has 1 aliphatic heterocycles. The lowest BCUT2D eigenvalue weighted by Crippen LogP contribution is -2.40. The summed E-state index contributed by atoms with van der Waals surface area (Å²) in [5.74, 6) is -0.0728. The normalized spacial score (nSPS) is 15.0. The predicted molar refractivity (Wildman–Crippen MR) is 95.2 cm³/mol. The number of ether oxygens (including phenoxy) is 1. The van der Waals surface area contributed by atoms with Gasteiger partial charge in [-0.1, -0.05) is 12.1 Å². The molecule has 1 saturated heterocycles. The lowest BCUT2D eigenvalue weighted by molar-refractivity contribution is 0.0303.